The minimum atomic E-state index is -0.655. The summed E-state index contributed by atoms with van der Waals surface area (Å²) in [6.45, 7) is 8.47. The van der Waals surface area contributed by atoms with Crippen LogP contribution in [-0.2, 0) is 11.3 Å². The summed E-state index contributed by atoms with van der Waals surface area (Å²) < 4.78 is 15.7. The van der Waals surface area contributed by atoms with E-state index >= 15 is 0 Å². The van der Waals surface area contributed by atoms with Crippen molar-refractivity contribution >= 4 is 0 Å². The summed E-state index contributed by atoms with van der Waals surface area (Å²) in [5.74, 6) is 0.352. The SMILES string of the molecule is CCCCCCC(C)(CC)OCc1oc(=O)oc1C. The van der Waals surface area contributed by atoms with Crippen LogP contribution < -0.4 is 5.82 Å². The summed E-state index contributed by atoms with van der Waals surface area (Å²) >= 11 is 0. The fraction of sp³-hybridized carbons (Fsp3) is 0.800. The maximum Gasteiger partial charge on any atom is 0.519 e. The molecule has 0 spiro atoms. The molecule has 110 valence electrons. The molecule has 0 bridgehead atoms. The molecule has 0 aliphatic heterocycles. The lowest BCUT2D eigenvalue weighted by Gasteiger charge is -2.28. The highest BCUT2D eigenvalue weighted by Gasteiger charge is 2.23. The highest BCUT2D eigenvalue weighted by Crippen LogP contribution is 2.25. The molecule has 0 saturated carbocycles. The lowest BCUT2D eigenvalue weighted by atomic mass is 9.95. The third-order valence-corrected chi connectivity index (χ3v) is 3.69. The largest absolute Gasteiger partial charge is 0.519 e. The molecule has 1 rings (SSSR count). The summed E-state index contributed by atoms with van der Waals surface area (Å²) in [5.41, 5.74) is -0.157. The predicted octanol–water partition coefficient (Wildman–Crippen LogP) is 4.20. The Labute approximate surface area is 115 Å². The van der Waals surface area contributed by atoms with Gasteiger partial charge in [0.1, 0.15) is 12.4 Å². The molecular formula is C15H26O4. The normalized spacial score (nSPS) is 14.5. The van der Waals surface area contributed by atoms with Crippen LogP contribution in [0.1, 0.15) is 70.8 Å². The van der Waals surface area contributed by atoms with Crippen molar-refractivity contribution in [1.29, 1.82) is 0 Å². The smallest absolute Gasteiger partial charge is 0.396 e. The second kappa shape index (κ2) is 7.53. The molecule has 0 aliphatic carbocycles. The van der Waals surface area contributed by atoms with Crippen LogP contribution in [0.5, 0.6) is 0 Å². The Balaban J connectivity index is 2.46. The van der Waals surface area contributed by atoms with E-state index in [-0.39, 0.29) is 5.60 Å². The van der Waals surface area contributed by atoms with Crippen LogP contribution in [0.15, 0.2) is 13.6 Å². The van der Waals surface area contributed by atoms with Gasteiger partial charge in [-0.2, -0.15) is 0 Å². The molecule has 4 nitrogen and oxygen atoms in total. The first-order valence-electron chi connectivity index (χ1n) is 7.24. The van der Waals surface area contributed by atoms with Crippen molar-refractivity contribution in [2.24, 2.45) is 0 Å². The van der Waals surface area contributed by atoms with Crippen molar-refractivity contribution in [1.82, 2.24) is 0 Å². The molecule has 0 aliphatic rings. The molecule has 1 heterocycles. The van der Waals surface area contributed by atoms with E-state index in [1.807, 2.05) is 0 Å². The van der Waals surface area contributed by atoms with Crippen LogP contribution >= 0.6 is 0 Å². The van der Waals surface area contributed by atoms with Crippen molar-refractivity contribution < 1.29 is 13.6 Å². The molecule has 0 radical (unpaired) electrons. The Bertz CT molecular complexity index is 418. The molecule has 1 aromatic rings. The highest BCUT2D eigenvalue weighted by molar-refractivity contribution is 4.98. The van der Waals surface area contributed by atoms with E-state index in [4.69, 9.17) is 13.6 Å². The van der Waals surface area contributed by atoms with E-state index in [0.717, 1.165) is 12.8 Å². The van der Waals surface area contributed by atoms with Crippen molar-refractivity contribution in [3.05, 3.63) is 22.1 Å². The summed E-state index contributed by atoms with van der Waals surface area (Å²) in [5, 5.41) is 0. The van der Waals surface area contributed by atoms with Crippen molar-refractivity contribution in [2.45, 2.75) is 78.4 Å². The van der Waals surface area contributed by atoms with E-state index in [9.17, 15) is 4.79 Å². The Morgan fingerprint density at radius 3 is 2.42 bits per heavy atom. The third kappa shape index (κ3) is 5.23. The molecule has 4 heteroatoms. The first-order valence-corrected chi connectivity index (χ1v) is 7.24. The number of aryl methyl sites for hydroxylation is 1. The quantitative estimate of drug-likeness (QED) is 0.631. The van der Waals surface area contributed by atoms with Gasteiger partial charge >= 0.3 is 5.82 Å². The zero-order valence-corrected chi connectivity index (χ0v) is 12.6. The van der Waals surface area contributed by atoms with Crippen molar-refractivity contribution in [2.75, 3.05) is 0 Å². The predicted molar refractivity (Wildman–Crippen MR) is 74.2 cm³/mol. The van der Waals surface area contributed by atoms with E-state index < -0.39 is 5.82 Å². The van der Waals surface area contributed by atoms with Crippen LogP contribution in [-0.4, -0.2) is 5.60 Å². The second-order valence-electron chi connectivity index (χ2n) is 5.34. The number of rotatable bonds is 9. The third-order valence-electron chi connectivity index (χ3n) is 3.69. The summed E-state index contributed by atoms with van der Waals surface area (Å²) in [6.07, 6.45) is 6.91. The first-order chi connectivity index (χ1) is 9.00. The molecule has 19 heavy (non-hydrogen) atoms. The molecular weight excluding hydrogens is 244 g/mol. The van der Waals surface area contributed by atoms with Gasteiger partial charge in [-0.3, -0.25) is 0 Å². The van der Waals surface area contributed by atoms with Crippen LogP contribution in [0.2, 0.25) is 0 Å². The van der Waals surface area contributed by atoms with E-state index in [1.54, 1.807) is 6.92 Å². The van der Waals surface area contributed by atoms with Gasteiger partial charge in [0.25, 0.3) is 0 Å². The Morgan fingerprint density at radius 1 is 1.16 bits per heavy atom. The standard InChI is InChI=1S/C15H26O4/c1-5-7-8-9-10-15(4,6-2)17-11-13-12(3)18-14(16)19-13/h5-11H2,1-4H3. The fourth-order valence-corrected chi connectivity index (χ4v) is 2.02. The van der Waals surface area contributed by atoms with Crippen LogP contribution in [0.3, 0.4) is 0 Å². The molecule has 0 saturated heterocycles. The number of hydrogen-bond acceptors (Lipinski definition) is 4. The first kappa shape index (κ1) is 16.0. The van der Waals surface area contributed by atoms with Crippen molar-refractivity contribution in [3.8, 4) is 0 Å². The highest BCUT2D eigenvalue weighted by atomic mass is 16.6. The number of ether oxygens (including phenoxy) is 1. The second-order valence-corrected chi connectivity index (χ2v) is 5.34. The molecule has 0 N–H and O–H groups in total. The molecule has 0 fully saturated rings. The molecule has 0 amide bonds. The molecule has 1 atom stereocenters. The minimum Gasteiger partial charge on any atom is -0.396 e. The van der Waals surface area contributed by atoms with Crippen LogP contribution in [0.4, 0.5) is 0 Å². The van der Waals surface area contributed by atoms with Gasteiger partial charge in [-0.1, -0.05) is 39.5 Å². The lowest BCUT2D eigenvalue weighted by molar-refractivity contribution is -0.0593. The molecule has 0 aromatic carbocycles. The zero-order chi connectivity index (χ0) is 14.3. The maximum absolute atomic E-state index is 11.0. The summed E-state index contributed by atoms with van der Waals surface area (Å²) in [4.78, 5) is 11.0. The summed E-state index contributed by atoms with van der Waals surface area (Å²) in [7, 11) is 0. The van der Waals surface area contributed by atoms with Crippen LogP contribution in [0, 0.1) is 6.92 Å². The Morgan fingerprint density at radius 2 is 1.89 bits per heavy atom. The van der Waals surface area contributed by atoms with Gasteiger partial charge in [-0.05, 0) is 26.7 Å². The average molecular weight is 270 g/mol. The molecule has 1 aromatic heterocycles. The van der Waals surface area contributed by atoms with E-state index in [1.165, 1.54) is 25.7 Å². The van der Waals surface area contributed by atoms with Gasteiger partial charge in [0.15, 0.2) is 5.76 Å². The fourth-order valence-electron chi connectivity index (χ4n) is 2.02. The van der Waals surface area contributed by atoms with Crippen molar-refractivity contribution in [3.63, 3.8) is 0 Å². The average Bonchev–Trinajstić information content (AvgIpc) is 2.71. The van der Waals surface area contributed by atoms with Gasteiger partial charge in [-0.25, -0.2) is 4.79 Å². The number of hydrogen-bond donors (Lipinski definition) is 0. The Hall–Kier alpha value is -1.03. The topological polar surface area (TPSA) is 52.6 Å². The van der Waals surface area contributed by atoms with E-state index in [2.05, 4.69) is 20.8 Å². The van der Waals surface area contributed by atoms with Gasteiger partial charge in [0.2, 0.25) is 0 Å². The van der Waals surface area contributed by atoms with Gasteiger partial charge in [0, 0.05) is 0 Å². The lowest BCUT2D eigenvalue weighted by Crippen LogP contribution is -2.27. The Kier molecular flexibility index (Phi) is 6.35. The zero-order valence-electron chi connectivity index (χ0n) is 12.6. The van der Waals surface area contributed by atoms with Gasteiger partial charge < -0.3 is 13.6 Å². The monoisotopic (exact) mass is 270 g/mol. The maximum atomic E-state index is 11.0. The van der Waals surface area contributed by atoms with E-state index in [0.29, 0.717) is 18.1 Å². The summed E-state index contributed by atoms with van der Waals surface area (Å²) in [6, 6.07) is 0. The van der Waals surface area contributed by atoms with Gasteiger partial charge in [0.05, 0.1) is 5.60 Å². The van der Waals surface area contributed by atoms with Gasteiger partial charge in [-0.15, -0.1) is 0 Å². The molecule has 1 unspecified atom stereocenters. The minimum absolute atomic E-state index is 0.157. The van der Waals surface area contributed by atoms with Crippen LogP contribution in [0.25, 0.3) is 0 Å². The number of unbranched alkanes of at least 4 members (excludes halogenated alkanes) is 3.